The van der Waals surface area contributed by atoms with Crippen LogP contribution in [0.4, 0.5) is 0 Å². The summed E-state index contributed by atoms with van der Waals surface area (Å²) in [5.74, 6) is 0.0168. The molecule has 6 heteroatoms. The lowest BCUT2D eigenvalue weighted by atomic mass is 10.1. The van der Waals surface area contributed by atoms with Crippen molar-refractivity contribution in [3.63, 3.8) is 0 Å². The van der Waals surface area contributed by atoms with Crippen LogP contribution in [0.2, 0.25) is 10.0 Å². The molecule has 0 saturated heterocycles. The van der Waals surface area contributed by atoms with Gasteiger partial charge in [0.05, 0.1) is 16.1 Å². The number of rotatable bonds is 7. The summed E-state index contributed by atoms with van der Waals surface area (Å²) in [5, 5.41) is 8.23. The Morgan fingerprint density at radius 2 is 2.09 bits per heavy atom. The molecular formula is C17H20Cl2N2OS. The van der Waals surface area contributed by atoms with Crippen molar-refractivity contribution in [2.24, 2.45) is 0 Å². The third-order valence-corrected chi connectivity index (χ3v) is 5.26. The second-order valence-corrected chi connectivity index (χ2v) is 7.12. The fraction of sp³-hybridized carbons (Fsp3) is 0.353. The van der Waals surface area contributed by atoms with Crippen LogP contribution in [0.3, 0.4) is 0 Å². The maximum Gasteiger partial charge on any atom is 0.220 e. The zero-order valence-electron chi connectivity index (χ0n) is 13.2. The van der Waals surface area contributed by atoms with Gasteiger partial charge in [-0.25, -0.2) is 0 Å². The Morgan fingerprint density at radius 1 is 1.30 bits per heavy atom. The lowest BCUT2D eigenvalue weighted by molar-refractivity contribution is -0.121. The predicted molar refractivity (Wildman–Crippen MR) is 98.5 cm³/mol. The Balaban J connectivity index is 1.86. The van der Waals surface area contributed by atoms with E-state index in [1.807, 2.05) is 26.2 Å². The number of carbonyl (C=O) groups is 1. The van der Waals surface area contributed by atoms with Crippen molar-refractivity contribution in [3.8, 4) is 0 Å². The number of carbonyl (C=O) groups excluding carboxylic acids is 1. The zero-order valence-corrected chi connectivity index (χ0v) is 15.5. The van der Waals surface area contributed by atoms with Crippen molar-refractivity contribution in [2.45, 2.75) is 18.9 Å². The first-order valence-electron chi connectivity index (χ1n) is 7.37. The van der Waals surface area contributed by atoms with E-state index in [9.17, 15) is 4.79 Å². The molecule has 3 nitrogen and oxygen atoms in total. The first-order valence-corrected chi connectivity index (χ1v) is 9.07. The summed E-state index contributed by atoms with van der Waals surface area (Å²) in [6.45, 7) is 0.589. The van der Waals surface area contributed by atoms with E-state index in [1.54, 1.807) is 17.4 Å². The minimum absolute atomic E-state index is 0.0168. The van der Waals surface area contributed by atoms with Crippen molar-refractivity contribution in [2.75, 3.05) is 20.6 Å². The Bertz CT molecular complexity index is 644. The van der Waals surface area contributed by atoms with Crippen molar-refractivity contribution >= 4 is 40.4 Å². The molecule has 1 unspecified atom stereocenters. The van der Waals surface area contributed by atoms with Gasteiger partial charge in [0.2, 0.25) is 5.91 Å². The van der Waals surface area contributed by atoms with Crippen molar-refractivity contribution in [1.82, 2.24) is 10.2 Å². The van der Waals surface area contributed by atoms with E-state index < -0.39 is 0 Å². The largest absolute Gasteiger partial charge is 0.354 e. The van der Waals surface area contributed by atoms with Gasteiger partial charge in [0.25, 0.3) is 0 Å². The molecule has 1 heterocycles. The first kappa shape index (κ1) is 18.3. The van der Waals surface area contributed by atoms with Gasteiger partial charge in [-0.2, -0.15) is 11.3 Å². The maximum absolute atomic E-state index is 12.1. The van der Waals surface area contributed by atoms with Crippen LogP contribution in [-0.2, 0) is 11.2 Å². The molecule has 1 aromatic carbocycles. The summed E-state index contributed by atoms with van der Waals surface area (Å²) in [6, 6.07) is 7.76. The fourth-order valence-corrected chi connectivity index (χ4v) is 3.47. The van der Waals surface area contributed by atoms with Crippen LogP contribution in [0.25, 0.3) is 0 Å². The van der Waals surface area contributed by atoms with E-state index >= 15 is 0 Å². The van der Waals surface area contributed by atoms with E-state index in [2.05, 4.69) is 27.0 Å². The minimum atomic E-state index is 0.0168. The van der Waals surface area contributed by atoms with Gasteiger partial charge in [0.15, 0.2) is 0 Å². The van der Waals surface area contributed by atoms with Crippen LogP contribution >= 0.6 is 34.5 Å². The van der Waals surface area contributed by atoms with Crippen molar-refractivity contribution in [1.29, 1.82) is 0 Å². The van der Waals surface area contributed by atoms with Gasteiger partial charge < -0.3 is 10.2 Å². The number of hydrogen-bond acceptors (Lipinski definition) is 3. The van der Waals surface area contributed by atoms with Crippen LogP contribution < -0.4 is 5.32 Å². The van der Waals surface area contributed by atoms with Crippen molar-refractivity contribution in [3.05, 3.63) is 56.2 Å². The SMILES string of the molecule is CN(C)C(CNC(=O)CCc1cccc(Cl)c1Cl)c1ccsc1. The van der Waals surface area contributed by atoms with E-state index in [1.165, 1.54) is 5.56 Å². The summed E-state index contributed by atoms with van der Waals surface area (Å²) in [7, 11) is 4.03. The van der Waals surface area contributed by atoms with Gasteiger partial charge in [0, 0.05) is 13.0 Å². The number of nitrogens with one attached hydrogen (secondary N) is 1. The normalized spacial score (nSPS) is 12.4. The first-order chi connectivity index (χ1) is 11.0. The van der Waals surface area contributed by atoms with E-state index in [0.717, 1.165) is 5.56 Å². The molecule has 1 aromatic heterocycles. The molecule has 0 fully saturated rings. The summed E-state index contributed by atoms with van der Waals surface area (Å²) in [6.07, 6.45) is 0.972. The number of nitrogens with zero attached hydrogens (tertiary/aromatic N) is 1. The third kappa shape index (κ3) is 5.21. The molecule has 0 bridgehead atoms. The number of hydrogen-bond donors (Lipinski definition) is 1. The summed E-state index contributed by atoms with van der Waals surface area (Å²) in [5.41, 5.74) is 2.12. The molecule has 0 saturated carbocycles. The maximum atomic E-state index is 12.1. The summed E-state index contributed by atoms with van der Waals surface area (Å²) >= 11 is 13.8. The third-order valence-electron chi connectivity index (χ3n) is 3.70. The van der Waals surface area contributed by atoms with Gasteiger partial charge >= 0.3 is 0 Å². The number of thiophene rings is 1. The van der Waals surface area contributed by atoms with Crippen LogP contribution in [0.15, 0.2) is 35.0 Å². The molecular weight excluding hydrogens is 351 g/mol. The molecule has 0 aliphatic carbocycles. The Morgan fingerprint density at radius 3 is 2.74 bits per heavy atom. The van der Waals surface area contributed by atoms with Gasteiger partial charge in [0.1, 0.15) is 0 Å². The minimum Gasteiger partial charge on any atom is -0.354 e. The molecule has 0 aliphatic rings. The highest BCUT2D eigenvalue weighted by atomic mass is 35.5. The molecule has 2 rings (SSSR count). The highest BCUT2D eigenvalue weighted by molar-refractivity contribution is 7.07. The molecule has 124 valence electrons. The Labute approximate surface area is 151 Å². The van der Waals surface area contributed by atoms with E-state index in [-0.39, 0.29) is 11.9 Å². The fourth-order valence-electron chi connectivity index (χ4n) is 2.35. The molecule has 1 atom stereocenters. The highest BCUT2D eigenvalue weighted by Crippen LogP contribution is 2.26. The average Bonchev–Trinajstić information content (AvgIpc) is 3.02. The Hall–Kier alpha value is -1.07. The number of amides is 1. The van der Waals surface area contributed by atoms with Gasteiger partial charge in [-0.05, 0) is 54.5 Å². The highest BCUT2D eigenvalue weighted by Gasteiger charge is 2.16. The molecule has 23 heavy (non-hydrogen) atoms. The smallest absolute Gasteiger partial charge is 0.220 e. The molecule has 0 spiro atoms. The predicted octanol–water partition coefficient (Wildman–Crippen LogP) is 4.41. The number of benzene rings is 1. The van der Waals surface area contributed by atoms with E-state index in [4.69, 9.17) is 23.2 Å². The monoisotopic (exact) mass is 370 g/mol. The zero-order chi connectivity index (χ0) is 16.8. The van der Waals surface area contributed by atoms with Gasteiger partial charge in [-0.15, -0.1) is 0 Å². The number of likely N-dealkylation sites (N-methyl/N-ethyl adjacent to an activating group) is 1. The van der Waals surface area contributed by atoms with Gasteiger partial charge in [-0.1, -0.05) is 35.3 Å². The topological polar surface area (TPSA) is 32.3 Å². The molecule has 0 aliphatic heterocycles. The molecule has 1 amide bonds. The average molecular weight is 371 g/mol. The lowest BCUT2D eigenvalue weighted by Gasteiger charge is -2.24. The van der Waals surface area contributed by atoms with Crippen LogP contribution in [0.1, 0.15) is 23.6 Å². The molecule has 0 radical (unpaired) electrons. The van der Waals surface area contributed by atoms with Crippen LogP contribution in [0, 0.1) is 0 Å². The number of halogens is 2. The van der Waals surface area contributed by atoms with Crippen molar-refractivity contribution < 1.29 is 4.79 Å². The molecule has 1 N–H and O–H groups in total. The van der Waals surface area contributed by atoms with Crippen LogP contribution in [0.5, 0.6) is 0 Å². The molecule has 2 aromatic rings. The lowest BCUT2D eigenvalue weighted by Crippen LogP contribution is -2.34. The standard InChI is InChI=1S/C17H20Cl2N2OS/c1-21(2)15(13-8-9-23-11-13)10-20-16(22)7-6-12-4-3-5-14(18)17(12)19/h3-5,8-9,11,15H,6-7,10H2,1-2H3,(H,20,22). The second-order valence-electron chi connectivity index (χ2n) is 5.55. The van der Waals surface area contributed by atoms with Crippen LogP contribution in [-0.4, -0.2) is 31.4 Å². The quantitative estimate of drug-likeness (QED) is 0.782. The summed E-state index contributed by atoms with van der Waals surface area (Å²) in [4.78, 5) is 14.2. The summed E-state index contributed by atoms with van der Waals surface area (Å²) < 4.78 is 0. The Kier molecular flexibility index (Phi) is 6.90. The van der Waals surface area contributed by atoms with Gasteiger partial charge in [-0.3, -0.25) is 4.79 Å². The van der Waals surface area contributed by atoms with E-state index in [0.29, 0.717) is 29.4 Å². The second kappa shape index (κ2) is 8.69. The number of aryl methyl sites for hydroxylation is 1.